The van der Waals surface area contributed by atoms with Gasteiger partial charge in [-0.25, -0.2) is 0 Å². The zero-order valence-electron chi connectivity index (χ0n) is 12.1. The first-order valence-electron chi connectivity index (χ1n) is 7.10. The first kappa shape index (κ1) is 14.6. The van der Waals surface area contributed by atoms with Crippen molar-refractivity contribution in [2.75, 3.05) is 6.61 Å². The molecule has 2 heteroatoms. The molecule has 106 valence electrons. The molecule has 0 aromatic heterocycles. The van der Waals surface area contributed by atoms with Crippen molar-refractivity contribution in [3.8, 4) is 5.75 Å². The van der Waals surface area contributed by atoms with Crippen molar-refractivity contribution in [1.29, 1.82) is 0 Å². The Balaban J connectivity index is 1.90. The van der Waals surface area contributed by atoms with Gasteiger partial charge in [0, 0.05) is 0 Å². The number of ether oxygens (including phenoxy) is 1. The molecule has 2 aromatic carbocycles. The van der Waals surface area contributed by atoms with Gasteiger partial charge < -0.3 is 9.84 Å². The lowest BCUT2D eigenvalue weighted by Crippen LogP contribution is -2.09. The third-order valence-corrected chi connectivity index (χ3v) is 3.16. The highest BCUT2D eigenvalue weighted by atomic mass is 16.5. The smallest absolute Gasteiger partial charge is 0.119 e. The van der Waals surface area contributed by atoms with Gasteiger partial charge in [0.05, 0.1) is 0 Å². The number of para-hydroxylation sites is 1. The zero-order valence-corrected chi connectivity index (χ0v) is 12.1. The summed E-state index contributed by atoms with van der Waals surface area (Å²) in [4.78, 5) is 0. The second-order valence-electron chi connectivity index (χ2n) is 5.48. The zero-order chi connectivity index (χ0) is 14.4. The van der Waals surface area contributed by atoms with E-state index in [0.29, 0.717) is 5.92 Å². The molecule has 0 heterocycles. The van der Waals surface area contributed by atoms with Crippen molar-refractivity contribution >= 4 is 0 Å². The molecule has 1 unspecified atom stereocenters. The van der Waals surface area contributed by atoms with Crippen LogP contribution in [0.5, 0.6) is 5.75 Å². The highest BCUT2D eigenvalue weighted by molar-refractivity contribution is 5.25. The first-order valence-corrected chi connectivity index (χ1v) is 7.10. The largest absolute Gasteiger partial charge is 0.491 e. The van der Waals surface area contributed by atoms with Gasteiger partial charge in [-0.2, -0.15) is 0 Å². The molecule has 0 aliphatic carbocycles. The molecule has 0 amide bonds. The molecule has 0 aliphatic rings. The molecule has 0 fully saturated rings. The van der Waals surface area contributed by atoms with Gasteiger partial charge in [0.2, 0.25) is 0 Å². The van der Waals surface area contributed by atoms with E-state index in [-0.39, 0.29) is 6.61 Å². The van der Waals surface area contributed by atoms with E-state index in [1.54, 1.807) is 0 Å². The van der Waals surface area contributed by atoms with E-state index in [2.05, 4.69) is 26.0 Å². The fourth-order valence-electron chi connectivity index (χ4n) is 2.14. The van der Waals surface area contributed by atoms with Gasteiger partial charge in [-0.15, -0.1) is 0 Å². The number of aliphatic hydroxyl groups excluding tert-OH is 1. The molecule has 20 heavy (non-hydrogen) atoms. The first-order chi connectivity index (χ1) is 9.65. The maximum atomic E-state index is 10.1. The fourth-order valence-corrected chi connectivity index (χ4v) is 2.14. The molecule has 0 bridgehead atoms. The summed E-state index contributed by atoms with van der Waals surface area (Å²) in [5.74, 6) is 1.43. The van der Waals surface area contributed by atoms with E-state index in [4.69, 9.17) is 4.74 Å². The van der Waals surface area contributed by atoms with Crippen LogP contribution in [-0.4, -0.2) is 11.7 Å². The summed E-state index contributed by atoms with van der Waals surface area (Å²) in [7, 11) is 0. The van der Waals surface area contributed by atoms with E-state index >= 15 is 0 Å². The number of hydrogen-bond acceptors (Lipinski definition) is 2. The van der Waals surface area contributed by atoms with Crippen LogP contribution in [0.4, 0.5) is 0 Å². The summed E-state index contributed by atoms with van der Waals surface area (Å²) in [6.45, 7) is 4.68. The molecular weight excluding hydrogens is 248 g/mol. The van der Waals surface area contributed by atoms with E-state index < -0.39 is 6.10 Å². The third kappa shape index (κ3) is 4.39. The molecule has 0 saturated carbocycles. The van der Waals surface area contributed by atoms with Crippen LogP contribution in [-0.2, 0) is 6.42 Å². The van der Waals surface area contributed by atoms with E-state index in [0.717, 1.165) is 17.7 Å². The van der Waals surface area contributed by atoms with Gasteiger partial charge in [0.15, 0.2) is 0 Å². The van der Waals surface area contributed by atoms with Gasteiger partial charge in [0.1, 0.15) is 18.5 Å². The van der Waals surface area contributed by atoms with Crippen molar-refractivity contribution in [3.63, 3.8) is 0 Å². The molecule has 0 aliphatic heterocycles. The minimum atomic E-state index is -0.594. The molecule has 0 saturated heterocycles. The Labute approximate surface area is 121 Å². The predicted octanol–water partition coefficient (Wildman–Crippen LogP) is 4.00. The third-order valence-electron chi connectivity index (χ3n) is 3.16. The van der Waals surface area contributed by atoms with Crippen LogP contribution in [0.1, 0.15) is 31.1 Å². The van der Waals surface area contributed by atoms with Crippen LogP contribution in [0, 0.1) is 5.92 Å². The average molecular weight is 270 g/mol. The van der Waals surface area contributed by atoms with Crippen LogP contribution in [0.3, 0.4) is 0 Å². The van der Waals surface area contributed by atoms with Crippen molar-refractivity contribution < 1.29 is 9.84 Å². The molecule has 2 nitrogen and oxygen atoms in total. The Morgan fingerprint density at radius 1 is 0.950 bits per heavy atom. The van der Waals surface area contributed by atoms with Crippen LogP contribution < -0.4 is 4.74 Å². The highest BCUT2D eigenvalue weighted by Crippen LogP contribution is 2.18. The van der Waals surface area contributed by atoms with Gasteiger partial charge in [-0.1, -0.05) is 56.3 Å². The molecular formula is C18H22O2. The van der Waals surface area contributed by atoms with Gasteiger partial charge in [-0.05, 0) is 35.6 Å². The quantitative estimate of drug-likeness (QED) is 0.859. The van der Waals surface area contributed by atoms with Crippen LogP contribution >= 0.6 is 0 Å². The lowest BCUT2D eigenvalue weighted by molar-refractivity contribution is 0.108. The van der Waals surface area contributed by atoms with Crippen molar-refractivity contribution in [3.05, 3.63) is 65.7 Å². The minimum absolute atomic E-state index is 0.271. The van der Waals surface area contributed by atoms with Crippen molar-refractivity contribution in [1.82, 2.24) is 0 Å². The second-order valence-corrected chi connectivity index (χ2v) is 5.48. The van der Waals surface area contributed by atoms with E-state index in [9.17, 15) is 5.11 Å². The topological polar surface area (TPSA) is 29.5 Å². The Morgan fingerprint density at radius 3 is 2.20 bits per heavy atom. The fraction of sp³-hybridized carbons (Fsp3) is 0.333. The molecule has 0 spiro atoms. The van der Waals surface area contributed by atoms with Crippen molar-refractivity contribution in [2.45, 2.75) is 26.4 Å². The number of benzene rings is 2. The Hall–Kier alpha value is -1.80. The van der Waals surface area contributed by atoms with Crippen molar-refractivity contribution in [2.24, 2.45) is 5.92 Å². The van der Waals surface area contributed by atoms with Crippen LogP contribution in [0.15, 0.2) is 54.6 Å². The summed E-state index contributed by atoms with van der Waals surface area (Å²) in [5, 5.41) is 10.1. The summed E-state index contributed by atoms with van der Waals surface area (Å²) in [6.07, 6.45) is 0.472. The number of hydrogen-bond donors (Lipinski definition) is 1. The normalized spacial score (nSPS) is 12.4. The minimum Gasteiger partial charge on any atom is -0.491 e. The number of rotatable bonds is 6. The number of aliphatic hydroxyl groups is 1. The SMILES string of the molecule is CC(C)Cc1ccc(C(O)COc2ccccc2)cc1. The monoisotopic (exact) mass is 270 g/mol. The van der Waals surface area contributed by atoms with Gasteiger partial charge >= 0.3 is 0 Å². The van der Waals surface area contributed by atoms with E-state index in [1.165, 1.54) is 5.56 Å². The molecule has 1 N–H and O–H groups in total. The Bertz CT molecular complexity index is 503. The maximum absolute atomic E-state index is 10.1. The Morgan fingerprint density at radius 2 is 1.60 bits per heavy atom. The highest BCUT2D eigenvalue weighted by Gasteiger charge is 2.08. The van der Waals surface area contributed by atoms with Gasteiger partial charge in [-0.3, -0.25) is 0 Å². The van der Waals surface area contributed by atoms with Crippen LogP contribution in [0.25, 0.3) is 0 Å². The molecule has 1 atom stereocenters. The lowest BCUT2D eigenvalue weighted by Gasteiger charge is -2.13. The summed E-state index contributed by atoms with van der Waals surface area (Å²) in [5.41, 5.74) is 2.20. The molecule has 2 aromatic rings. The molecule has 0 radical (unpaired) electrons. The predicted molar refractivity (Wildman–Crippen MR) is 81.9 cm³/mol. The second kappa shape index (κ2) is 7.11. The standard InChI is InChI=1S/C18H22O2/c1-14(2)12-15-8-10-16(11-9-15)18(19)13-20-17-6-4-3-5-7-17/h3-11,14,18-19H,12-13H2,1-2H3. The van der Waals surface area contributed by atoms with Crippen LogP contribution in [0.2, 0.25) is 0 Å². The average Bonchev–Trinajstić information content (AvgIpc) is 2.46. The lowest BCUT2D eigenvalue weighted by atomic mass is 10.0. The maximum Gasteiger partial charge on any atom is 0.119 e. The Kier molecular flexibility index (Phi) is 5.19. The molecule has 2 rings (SSSR count). The van der Waals surface area contributed by atoms with E-state index in [1.807, 2.05) is 42.5 Å². The van der Waals surface area contributed by atoms with Gasteiger partial charge in [0.25, 0.3) is 0 Å². The summed E-state index contributed by atoms with van der Waals surface area (Å²) in [6, 6.07) is 17.7. The summed E-state index contributed by atoms with van der Waals surface area (Å²) < 4.78 is 5.57. The summed E-state index contributed by atoms with van der Waals surface area (Å²) >= 11 is 0.